The highest BCUT2D eigenvalue weighted by Crippen LogP contribution is 2.44. The van der Waals surface area contributed by atoms with Crippen LogP contribution < -0.4 is 5.32 Å². The van der Waals surface area contributed by atoms with Gasteiger partial charge in [0.25, 0.3) is 0 Å². The van der Waals surface area contributed by atoms with Crippen LogP contribution in [0.15, 0.2) is 34.9 Å². The largest absolute Gasteiger partial charge is 0.367 e. The van der Waals surface area contributed by atoms with Gasteiger partial charge < -0.3 is 5.32 Å². The molecular weight excluding hydrogens is 154 g/mol. The third kappa shape index (κ3) is 2.85. The van der Waals surface area contributed by atoms with Gasteiger partial charge in [-0.25, -0.2) is 10.0 Å². The minimum atomic E-state index is -0.648. The summed E-state index contributed by atoms with van der Waals surface area (Å²) < 4.78 is 0. The van der Waals surface area contributed by atoms with E-state index in [0.29, 0.717) is 0 Å². The van der Waals surface area contributed by atoms with Gasteiger partial charge in [0, 0.05) is 12.4 Å². The van der Waals surface area contributed by atoms with Crippen LogP contribution in [0.25, 0.3) is 0 Å². The fourth-order valence-corrected chi connectivity index (χ4v) is 2.55. The number of allylic oxidation sites excluding steroid dienone is 2. The van der Waals surface area contributed by atoms with Gasteiger partial charge in [-0.05, 0) is 41.9 Å². The van der Waals surface area contributed by atoms with Crippen molar-refractivity contribution in [3.8, 4) is 0 Å². The molecule has 0 aromatic rings. The molecule has 1 aliphatic heterocycles. The number of hydrogen-bond acceptors (Lipinski definition) is 1. The summed E-state index contributed by atoms with van der Waals surface area (Å²) in [5.74, 6) is 0. The van der Waals surface area contributed by atoms with Gasteiger partial charge >= 0.3 is 0 Å². The lowest BCUT2D eigenvalue weighted by atomic mass is 10.3. The molecule has 0 aromatic heterocycles. The molecule has 62 valence electrons. The summed E-state index contributed by atoms with van der Waals surface area (Å²) in [6.45, 7) is 2.13. The Morgan fingerprint density at radius 2 is 2.00 bits per heavy atom. The van der Waals surface area contributed by atoms with Gasteiger partial charge in [-0.15, -0.1) is 0 Å². The minimum Gasteiger partial charge on any atom is -0.367 e. The van der Waals surface area contributed by atoms with E-state index in [1.807, 2.05) is 12.4 Å². The maximum Gasteiger partial charge on any atom is 0.00557 e. The molecule has 0 aromatic carbocycles. The normalized spacial score (nSPS) is 35.0. The Hall–Kier alpha value is -0.630. The van der Waals surface area contributed by atoms with E-state index in [4.69, 9.17) is 0 Å². The topological polar surface area (TPSA) is 12.0 Å². The molecule has 1 N–H and O–H groups in total. The Morgan fingerprint density at radius 3 is 2.73 bits per heavy atom. The molecule has 0 saturated carbocycles. The zero-order valence-corrected chi connectivity index (χ0v) is 8.11. The average Bonchev–Trinajstić information content (AvgIpc) is 1.82. The molecule has 0 saturated heterocycles. The minimum absolute atomic E-state index is 0.648. The molecular formula is C9H15NS. The monoisotopic (exact) mass is 169 g/mol. The molecule has 1 heterocycles. The van der Waals surface area contributed by atoms with E-state index in [2.05, 4.69) is 41.6 Å². The SMILES string of the molecule is CC1=C\S(C)(C)/C=C/N/C=C\1. The zero-order valence-electron chi connectivity index (χ0n) is 7.29. The van der Waals surface area contributed by atoms with Gasteiger partial charge in [0.2, 0.25) is 0 Å². The fourth-order valence-electron chi connectivity index (χ4n) is 1.01. The van der Waals surface area contributed by atoms with E-state index in [1.54, 1.807) is 0 Å². The van der Waals surface area contributed by atoms with Gasteiger partial charge in [0.15, 0.2) is 0 Å². The lowest BCUT2D eigenvalue weighted by molar-refractivity contribution is 1.19. The Bertz CT molecular complexity index is 224. The summed E-state index contributed by atoms with van der Waals surface area (Å²) in [5, 5.41) is 7.66. The van der Waals surface area contributed by atoms with Crippen LogP contribution in [0, 0.1) is 0 Å². The Morgan fingerprint density at radius 1 is 1.27 bits per heavy atom. The van der Waals surface area contributed by atoms with E-state index in [0.717, 1.165) is 0 Å². The molecule has 0 atom stereocenters. The van der Waals surface area contributed by atoms with Crippen LogP contribution in [0.3, 0.4) is 0 Å². The quantitative estimate of drug-likeness (QED) is 0.587. The highest BCUT2D eigenvalue weighted by Gasteiger charge is 2.03. The first-order valence-corrected chi connectivity index (χ1v) is 6.19. The number of nitrogens with one attached hydrogen (secondary N) is 1. The number of hydrogen-bond donors (Lipinski definition) is 1. The molecule has 0 amide bonds. The average molecular weight is 169 g/mol. The van der Waals surface area contributed by atoms with Gasteiger partial charge in [0.1, 0.15) is 0 Å². The van der Waals surface area contributed by atoms with E-state index in [-0.39, 0.29) is 0 Å². The Balaban J connectivity index is 2.92. The van der Waals surface area contributed by atoms with Crippen molar-refractivity contribution in [2.24, 2.45) is 0 Å². The molecule has 11 heavy (non-hydrogen) atoms. The third-order valence-electron chi connectivity index (χ3n) is 1.45. The summed E-state index contributed by atoms with van der Waals surface area (Å²) in [7, 11) is -0.648. The van der Waals surface area contributed by atoms with Crippen molar-refractivity contribution < 1.29 is 0 Å². The van der Waals surface area contributed by atoms with Crippen molar-refractivity contribution >= 4 is 10.0 Å². The highest BCUT2D eigenvalue weighted by atomic mass is 32.3. The van der Waals surface area contributed by atoms with Crippen LogP contribution in [-0.4, -0.2) is 12.5 Å². The van der Waals surface area contributed by atoms with E-state index in [9.17, 15) is 0 Å². The van der Waals surface area contributed by atoms with Crippen molar-refractivity contribution in [1.29, 1.82) is 0 Å². The van der Waals surface area contributed by atoms with E-state index >= 15 is 0 Å². The predicted molar refractivity (Wildman–Crippen MR) is 54.6 cm³/mol. The smallest absolute Gasteiger partial charge is 0.00557 e. The van der Waals surface area contributed by atoms with Gasteiger partial charge in [0.05, 0.1) is 0 Å². The first-order valence-electron chi connectivity index (χ1n) is 3.61. The predicted octanol–water partition coefficient (Wildman–Crippen LogP) is 2.54. The first kappa shape index (κ1) is 8.47. The molecule has 0 fully saturated rings. The molecule has 1 aliphatic rings. The maximum atomic E-state index is 3.09. The van der Waals surface area contributed by atoms with Gasteiger partial charge in [-0.1, -0.05) is 0 Å². The highest BCUT2D eigenvalue weighted by molar-refractivity contribution is 8.37. The van der Waals surface area contributed by atoms with Crippen LogP contribution in [0.2, 0.25) is 0 Å². The Kier molecular flexibility index (Phi) is 2.45. The van der Waals surface area contributed by atoms with Crippen LogP contribution in [0.5, 0.6) is 0 Å². The lowest BCUT2D eigenvalue weighted by Gasteiger charge is -2.23. The Labute approximate surface area is 70.2 Å². The van der Waals surface area contributed by atoms with Crippen LogP contribution in [0.1, 0.15) is 6.92 Å². The van der Waals surface area contributed by atoms with Gasteiger partial charge in [-0.3, -0.25) is 0 Å². The fraction of sp³-hybridized carbons (Fsp3) is 0.333. The molecule has 0 spiro atoms. The van der Waals surface area contributed by atoms with Crippen LogP contribution >= 0.6 is 10.0 Å². The maximum absolute atomic E-state index is 3.09. The van der Waals surface area contributed by atoms with Crippen LogP contribution in [0.4, 0.5) is 0 Å². The molecule has 1 rings (SSSR count). The van der Waals surface area contributed by atoms with Crippen LogP contribution in [-0.2, 0) is 0 Å². The van der Waals surface area contributed by atoms with Crippen molar-refractivity contribution in [3.63, 3.8) is 0 Å². The molecule has 0 unspecified atom stereocenters. The standard InChI is InChI=1S/C9H15NS/c1-9-4-5-10-6-7-11(2,3)8-9/h4-8,10H,1-3H3/b5-4-,7-6+,9-8+. The summed E-state index contributed by atoms with van der Waals surface area (Å²) in [6.07, 6.45) is 10.6. The second-order valence-corrected chi connectivity index (χ2v) is 6.63. The summed E-state index contributed by atoms with van der Waals surface area (Å²) >= 11 is 0. The van der Waals surface area contributed by atoms with Crippen molar-refractivity contribution in [1.82, 2.24) is 5.32 Å². The molecule has 0 bridgehead atoms. The van der Waals surface area contributed by atoms with Gasteiger partial charge in [-0.2, -0.15) is 0 Å². The molecule has 1 nitrogen and oxygen atoms in total. The molecule has 0 radical (unpaired) electrons. The zero-order chi connectivity index (χ0) is 8.32. The summed E-state index contributed by atoms with van der Waals surface area (Å²) in [5.41, 5.74) is 1.34. The second kappa shape index (κ2) is 3.18. The number of rotatable bonds is 0. The van der Waals surface area contributed by atoms with Crippen molar-refractivity contribution in [2.75, 3.05) is 12.5 Å². The second-order valence-electron chi connectivity index (χ2n) is 3.15. The van der Waals surface area contributed by atoms with E-state index < -0.39 is 10.0 Å². The summed E-state index contributed by atoms with van der Waals surface area (Å²) in [4.78, 5) is 0. The molecule has 2 heteroatoms. The first-order chi connectivity index (χ1) is 5.10. The lowest BCUT2D eigenvalue weighted by Crippen LogP contribution is -1.97. The third-order valence-corrected chi connectivity index (χ3v) is 3.26. The van der Waals surface area contributed by atoms with Crippen molar-refractivity contribution in [3.05, 3.63) is 34.9 Å². The van der Waals surface area contributed by atoms with E-state index in [1.165, 1.54) is 5.57 Å². The van der Waals surface area contributed by atoms with Crippen molar-refractivity contribution in [2.45, 2.75) is 6.92 Å². The summed E-state index contributed by atoms with van der Waals surface area (Å²) in [6, 6.07) is 0. The molecule has 0 aliphatic carbocycles.